The maximum absolute atomic E-state index is 5.63. The molecule has 3 heteroatoms. The quantitative estimate of drug-likeness (QED) is 0.525. The van der Waals surface area contributed by atoms with Crippen molar-refractivity contribution in [3.63, 3.8) is 0 Å². The van der Waals surface area contributed by atoms with Crippen LogP contribution >= 0.6 is 0 Å². The van der Waals surface area contributed by atoms with Gasteiger partial charge in [-0.3, -0.25) is 11.3 Å². The average Bonchev–Trinajstić information content (AvgIpc) is 2.59. The van der Waals surface area contributed by atoms with Gasteiger partial charge in [-0.2, -0.15) is 0 Å². The summed E-state index contributed by atoms with van der Waals surface area (Å²) in [7, 11) is 0. The molecule has 1 aliphatic rings. The van der Waals surface area contributed by atoms with E-state index in [1.807, 2.05) is 0 Å². The Morgan fingerprint density at radius 3 is 2.60 bits per heavy atom. The van der Waals surface area contributed by atoms with Gasteiger partial charge in [0.05, 0.1) is 6.10 Å². The zero-order valence-electron chi connectivity index (χ0n) is 10.3. The molecule has 15 heavy (non-hydrogen) atoms. The Kier molecular flexibility index (Phi) is 5.58. The van der Waals surface area contributed by atoms with Crippen LogP contribution in [0.1, 0.15) is 46.5 Å². The third-order valence-corrected chi connectivity index (χ3v) is 3.46. The highest BCUT2D eigenvalue weighted by atomic mass is 16.5. The van der Waals surface area contributed by atoms with Crippen molar-refractivity contribution < 1.29 is 4.74 Å². The van der Waals surface area contributed by atoms with Gasteiger partial charge < -0.3 is 4.74 Å². The van der Waals surface area contributed by atoms with Gasteiger partial charge in [0.25, 0.3) is 0 Å². The maximum Gasteiger partial charge on any atom is 0.0591 e. The molecule has 1 aliphatic heterocycles. The smallest absolute Gasteiger partial charge is 0.0591 e. The monoisotopic (exact) mass is 214 g/mol. The van der Waals surface area contributed by atoms with E-state index in [2.05, 4.69) is 26.2 Å². The summed E-state index contributed by atoms with van der Waals surface area (Å²) in [5.74, 6) is 7.02. The van der Waals surface area contributed by atoms with Gasteiger partial charge in [0.1, 0.15) is 0 Å². The van der Waals surface area contributed by atoms with Crippen LogP contribution in [0.2, 0.25) is 0 Å². The molecule has 3 nitrogen and oxygen atoms in total. The minimum absolute atomic E-state index is 0.366. The van der Waals surface area contributed by atoms with E-state index in [1.54, 1.807) is 0 Å². The third-order valence-electron chi connectivity index (χ3n) is 3.46. The second-order valence-corrected chi connectivity index (χ2v) is 5.13. The second-order valence-electron chi connectivity index (χ2n) is 5.13. The van der Waals surface area contributed by atoms with Gasteiger partial charge in [0.2, 0.25) is 0 Å². The number of rotatable bonds is 6. The Labute approximate surface area is 93.7 Å². The normalized spacial score (nSPS) is 28.6. The van der Waals surface area contributed by atoms with E-state index in [0.717, 1.165) is 18.9 Å². The first-order chi connectivity index (χ1) is 7.15. The third kappa shape index (κ3) is 4.09. The van der Waals surface area contributed by atoms with Crippen molar-refractivity contribution in [3.05, 3.63) is 0 Å². The minimum Gasteiger partial charge on any atom is -0.378 e. The second kappa shape index (κ2) is 6.46. The highest BCUT2D eigenvalue weighted by molar-refractivity contribution is 4.83. The molecule has 0 aliphatic carbocycles. The van der Waals surface area contributed by atoms with E-state index in [4.69, 9.17) is 10.6 Å². The van der Waals surface area contributed by atoms with Crippen LogP contribution in [0.3, 0.4) is 0 Å². The molecule has 0 saturated carbocycles. The van der Waals surface area contributed by atoms with E-state index in [-0.39, 0.29) is 0 Å². The number of ether oxygens (including phenoxy) is 1. The molecule has 0 radical (unpaired) electrons. The fraction of sp³-hybridized carbons (Fsp3) is 1.00. The van der Waals surface area contributed by atoms with Gasteiger partial charge in [0.15, 0.2) is 0 Å². The highest BCUT2D eigenvalue weighted by Crippen LogP contribution is 2.26. The fourth-order valence-electron chi connectivity index (χ4n) is 2.44. The topological polar surface area (TPSA) is 47.3 Å². The standard InChI is InChI=1S/C12H26N2O/c1-9(2)5-4-6-12(14-13)11-7-8-15-10(11)3/h9-12,14H,4-8,13H2,1-3H3. The lowest BCUT2D eigenvalue weighted by molar-refractivity contribution is 0.0938. The summed E-state index contributed by atoms with van der Waals surface area (Å²) >= 11 is 0. The molecule has 1 heterocycles. The van der Waals surface area contributed by atoms with Crippen molar-refractivity contribution in [1.29, 1.82) is 0 Å². The average molecular weight is 214 g/mol. The SMILES string of the molecule is CC(C)CCCC(NN)C1CCOC1C. The molecule has 0 aromatic heterocycles. The molecule has 0 aromatic carbocycles. The summed E-state index contributed by atoms with van der Waals surface area (Å²) in [6, 6.07) is 0.432. The van der Waals surface area contributed by atoms with Crippen LogP contribution in [0, 0.1) is 11.8 Å². The van der Waals surface area contributed by atoms with Gasteiger partial charge >= 0.3 is 0 Å². The zero-order valence-corrected chi connectivity index (χ0v) is 10.3. The molecular weight excluding hydrogens is 188 g/mol. The van der Waals surface area contributed by atoms with E-state index in [9.17, 15) is 0 Å². The Balaban J connectivity index is 2.28. The molecule has 0 spiro atoms. The number of hydrogen-bond acceptors (Lipinski definition) is 3. The zero-order chi connectivity index (χ0) is 11.3. The Morgan fingerprint density at radius 2 is 2.13 bits per heavy atom. The predicted octanol–water partition coefficient (Wildman–Crippen LogP) is 2.07. The summed E-state index contributed by atoms with van der Waals surface area (Å²) in [4.78, 5) is 0. The van der Waals surface area contributed by atoms with Crippen LogP contribution in [0.4, 0.5) is 0 Å². The first-order valence-corrected chi connectivity index (χ1v) is 6.23. The first kappa shape index (κ1) is 12.9. The van der Waals surface area contributed by atoms with Crippen molar-refractivity contribution in [1.82, 2.24) is 5.43 Å². The molecule has 90 valence electrons. The predicted molar refractivity (Wildman–Crippen MR) is 63.3 cm³/mol. The molecular formula is C12H26N2O. The number of hydrogen-bond donors (Lipinski definition) is 2. The van der Waals surface area contributed by atoms with Gasteiger partial charge in [0, 0.05) is 18.6 Å². The molecule has 0 aromatic rings. The van der Waals surface area contributed by atoms with E-state index < -0.39 is 0 Å². The minimum atomic E-state index is 0.366. The lowest BCUT2D eigenvalue weighted by Gasteiger charge is -2.25. The summed E-state index contributed by atoms with van der Waals surface area (Å²) < 4.78 is 5.58. The van der Waals surface area contributed by atoms with Crippen molar-refractivity contribution in [2.24, 2.45) is 17.7 Å². The molecule has 1 saturated heterocycles. The fourth-order valence-corrected chi connectivity index (χ4v) is 2.44. The van der Waals surface area contributed by atoms with Crippen LogP contribution in [0.5, 0.6) is 0 Å². The van der Waals surface area contributed by atoms with E-state index in [1.165, 1.54) is 19.3 Å². The van der Waals surface area contributed by atoms with Crippen LogP contribution in [0.25, 0.3) is 0 Å². The summed E-state index contributed by atoms with van der Waals surface area (Å²) in [5.41, 5.74) is 2.97. The van der Waals surface area contributed by atoms with Gasteiger partial charge in [-0.15, -0.1) is 0 Å². The molecule has 3 atom stereocenters. The molecule has 1 fully saturated rings. The summed E-state index contributed by atoms with van der Waals surface area (Å²) in [6.07, 6.45) is 5.24. The largest absolute Gasteiger partial charge is 0.378 e. The number of nitrogens with two attached hydrogens (primary N) is 1. The van der Waals surface area contributed by atoms with E-state index in [0.29, 0.717) is 18.1 Å². The molecule has 0 amide bonds. The van der Waals surface area contributed by atoms with Crippen molar-refractivity contribution in [3.8, 4) is 0 Å². The van der Waals surface area contributed by atoms with Crippen LogP contribution in [-0.2, 0) is 4.74 Å². The molecule has 3 unspecified atom stereocenters. The Bertz CT molecular complexity index is 173. The molecule has 0 bridgehead atoms. The number of hydrazine groups is 1. The van der Waals surface area contributed by atoms with Gasteiger partial charge in [-0.1, -0.05) is 26.7 Å². The maximum atomic E-state index is 5.63. The first-order valence-electron chi connectivity index (χ1n) is 6.23. The Hall–Kier alpha value is -0.120. The summed E-state index contributed by atoms with van der Waals surface area (Å²) in [6.45, 7) is 7.59. The van der Waals surface area contributed by atoms with Crippen molar-refractivity contribution in [2.75, 3.05) is 6.61 Å². The van der Waals surface area contributed by atoms with Crippen LogP contribution < -0.4 is 11.3 Å². The highest BCUT2D eigenvalue weighted by Gasteiger charge is 2.30. The molecule has 1 rings (SSSR count). The molecule has 3 N–H and O–H groups in total. The Morgan fingerprint density at radius 1 is 1.40 bits per heavy atom. The summed E-state index contributed by atoms with van der Waals surface area (Å²) in [5, 5.41) is 0. The lowest BCUT2D eigenvalue weighted by atomic mass is 9.89. The van der Waals surface area contributed by atoms with Crippen LogP contribution in [-0.4, -0.2) is 18.8 Å². The van der Waals surface area contributed by atoms with Gasteiger partial charge in [-0.25, -0.2) is 0 Å². The van der Waals surface area contributed by atoms with Gasteiger partial charge in [-0.05, 0) is 25.7 Å². The van der Waals surface area contributed by atoms with Crippen molar-refractivity contribution >= 4 is 0 Å². The lowest BCUT2D eigenvalue weighted by Crippen LogP contribution is -2.43. The number of nitrogens with one attached hydrogen (secondary N) is 1. The van der Waals surface area contributed by atoms with Crippen LogP contribution in [0.15, 0.2) is 0 Å². The van der Waals surface area contributed by atoms with E-state index >= 15 is 0 Å². The van der Waals surface area contributed by atoms with Crippen molar-refractivity contribution in [2.45, 2.75) is 58.6 Å².